The molecular formula is C25H34N2O4. The fourth-order valence-corrected chi connectivity index (χ4v) is 3.17. The number of hydrogen-bond donors (Lipinski definition) is 1. The van der Waals surface area contributed by atoms with Gasteiger partial charge in [0.25, 0.3) is 5.91 Å². The summed E-state index contributed by atoms with van der Waals surface area (Å²) in [5.41, 5.74) is 2.60. The second-order valence-electron chi connectivity index (χ2n) is 8.84. The standard InChI is InChI=1S/C25H34N2O4/c1-17-8-13-22(18(2)14-17)31-16-23(28)27(19(3)24(29)26-25(4,5)6)15-20-9-11-21(30-7)12-10-20/h8-14,19H,15-16H2,1-7H3,(H,26,29). The molecule has 0 bridgehead atoms. The number of carbonyl (C=O) groups is 2. The number of carbonyl (C=O) groups excluding carboxylic acids is 2. The lowest BCUT2D eigenvalue weighted by Crippen LogP contribution is -2.53. The Balaban J connectivity index is 2.19. The van der Waals surface area contributed by atoms with Crippen LogP contribution in [0, 0.1) is 13.8 Å². The van der Waals surface area contributed by atoms with Crippen molar-refractivity contribution in [1.82, 2.24) is 10.2 Å². The minimum absolute atomic E-state index is 0.146. The average molecular weight is 427 g/mol. The van der Waals surface area contributed by atoms with E-state index in [1.807, 2.05) is 77.1 Å². The van der Waals surface area contributed by atoms with Gasteiger partial charge in [-0.1, -0.05) is 29.8 Å². The van der Waals surface area contributed by atoms with E-state index in [0.29, 0.717) is 5.75 Å². The summed E-state index contributed by atoms with van der Waals surface area (Å²) in [5, 5.41) is 2.95. The van der Waals surface area contributed by atoms with Crippen LogP contribution in [0.15, 0.2) is 42.5 Å². The molecule has 2 amide bonds. The molecule has 0 fully saturated rings. The van der Waals surface area contributed by atoms with Crippen molar-refractivity contribution in [3.63, 3.8) is 0 Å². The number of ether oxygens (including phenoxy) is 2. The molecule has 1 N–H and O–H groups in total. The van der Waals surface area contributed by atoms with Crippen molar-refractivity contribution in [2.24, 2.45) is 0 Å². The van der Waals surface area contributed by atoms with Crippen molar-refractivity contribution >= 4 is 11.8 Å². The third-order valence-electron chi connectivity index (χ3n) is 4.86. The Hall–Kier alpha value is -3.02. The van der Waals surface area contributed by atoms with Gasteiger partial charge in [0.05, 0.1) is 7.11 Å². The lowest BCUT2D eigenvalue weighted by atomic mass is 10.1. The molecule has 0 aliphatic carbocycles. The molecule has 0 aromatic heterocycles. The number of methoxy groups -OCH3 is 1. The summed E-state index contributed by atoms with van der Waals surface area (Å²) in [6.45, 7) is 11.6. The molecule has 0 aliphatic heterocycles. The maximum absolute atomic E-state index is 13.1. The van der Waals surface area contributed by atoms with Gasteiger partial charge in [-0.3, -0.25) is 9.59 Å². The number of benzene rings is 2. The maximum atomic E-state index is 13.1. The van der Waals surface area contributed by atoms with E-state index in [4.69, 9.17) is 9.47 Å². The van der Waals surface area contributed by atoms with Gasteiger partial charge in [-0.25, -0.2) is 0 Å². The molecule has 2 rings (SSSR count). The molecule has 0 heterocycles. The van der Waals surface area contributed by atoms with Gasteiger partial charge in [-0.05, 0) is 70.9 Å². The molecule has 168 valence electrons. The Morgan fingerprint density at radius 1 is 1.06 bits per heavy atom. The molecule has 0 spiro atoms. The number of hydrogen-bond acceptors (Lipinski definition) is 4. The minimum atomic E-state index is -0.656. The van der Waals surface area contributed by atoms with Crippen molar-refractivity contribution < 1.29 is 19.1 Å². The van der Waals surface area contributed by atoms with Gasteiger partial charge in [0.2, 0.25) is 5.91 Å². The van der Waals surface area contributed by atoms with E-state index in [-0.39, 0.29) is 25.0 Å². The first-order valence-electron chi connectivity index (χ1n) is 10.4. The fraction of sp³-hybridized carbons (Fsp3) is 0.440. The molecule has 1 atom stereocenters. The second kappa shape index (κ2) is 10.3. The van der Waals surface area contributed by atoms with Crippen LogP contribution in [0.1, 0.15) is 44.4 Å². The molecule has 6 nitrogen and oxygen atoms in total. The molecule has 0 radical (unpaired) electrons. The van der Waals surface area contributed by atoms with E-state index in [2.05, 4.69) is 5.32 Å². The summed E-state index contributed by atoms with van der Waals surface area (Å²) >= 11 is 0. The predicted molar refractivity (Wildman–Crippen MR) is 122 cm³/mol. The zero-order valence-corrected chi connectivity index (χ0v) is 19.6. The monoisotopic (exact) mass is 426 g/mol. The number of rotatable bonds is 8. The van der Waals surface area contributed by atoms with Gasteiger partial charge in [0.15, 0.2) is 6.61 Å². The summed E-state index contributed by atoms with van der Waals surface area (Å²) in [5.74, 6) is 0.932. The highest BCUT2D eigenvalue weighted by molar-refractivity contribution is 5.88. The highest BCUT2D eigenvalue weighted by Crippen LogP contribution is 2.20. The molecule has 2 aromatic rings. The van der Waals surface area contributed by atoms with Crippen molar-refractivity contribution in [1.29, 1.82) is 0 Å². The zero-order chi connectivity index (χ0) is 23.2. The summed E-state index contributed by atoms with van der Waals surface area (Å²) in [6.07, 6.45) is 0. The molecule has 0 saturated heterocycles. The first-order valence-corrected chi connectivity index (χ1v) is 10.4. The molecule has 31 heavy (non-hydrogen) atoms. The highest BCUT2D eigenvalue weighted by atomic mass is 16.5. The quantitative estimate of drug-likeness (QED) is 0.692. The van der Waals surface area contributed by atoms with Crippen LogP contribution < -0.4 is 14.8 Å². The first kappa shape index (κ1) is 24.3. The van der Waals surface area contributed by atoms with E-state index in [1.54, 1.807) is 18.9 Å². The van der Waals surface area contributed by atoms with Crippen LogP contribution in [-0.2, 0) is 16.1 Å². The van der Waals surface area contributed by atoms with Gasteiger partial charge < -0.3 is 19.7 Å². The minimum Gasteiger partial charge on any atom is -0.497 e. The molecule has 1 unspecified atom stereocenters. The van der Waals surface area contributed by atoms with Crippen LogP contribution in [0.3, 0.4) is 0 Å². The van der Waals surface area contributed by atoms with Crippen LogP contribution in [0.4, 0.5) is 0 Å². The van der Waals surface area contributed by atoms with Crippen molar-refractivity contribution in [2.75, 3.05) is 13.7 Å². The van der Waals surface area contributed by atoms with Gasteiger partial charge in [-0.2, -0.15) is 0 Å². The van der Waals surface area contributed by atoms with Crippen LogP contribution in [0.25, 0.3) is 0 Å². The smallest absolute Gasteiger partial charge is 0.261 e. The lowest BCUT2D eigenvalue weighted by Gasteiger charge is -2.31. The molecule has 0 saturated carbocycles. The van der Waals surface area contributed by atoms with Crippen molar-refractivity contribution in [3.05, 3.63) is 59.2 Å². The van der Waals surface area contributed by atoms with Crippen LogP contribution in [0.5, 0.6) is 11.5 Å². The van der Waals surface area contributed by atoms with E-state index in [0.717, 1.165) is 22.4 Å². The van der Waals surface area contributed by atoms with E-state index in [1.165, 1.54) is 0 Å². The Morgan fingerprint density at radius 3 is 2.26 bits per heavy atom. The summed E-state index contributed by atoms with van der Waals surface area (Å²) < 4.78 is 11.0. The highest BCUT2D eigenvalue weighted by Gasteiger charge is 2.28. The Morgan fingerprint density at radius 2 is 1.71 bits per heavy atom. The summed E-state index contributed by atoms with van der Waals surface area (Å²) in [6, 6.07) is 12.6. The topological polar surface area (TPSA) is 67.9 Å². The number of aryl methyl sites for hydroxylation is 2. The summed E-state index contributed by atoms with van der Waals surface area (Å²) in [4.78, 5) is 27.5. The fourth-order valence-electron chi connectivity index (χ4n) is 3.17. The Bertz CT molecular complexity index is 901. The van der Waals surface area contributed by atoms with Gasteiger partial charge >= 0.3 is 0 Å². The SMILES string of the molecule is COc1ccc(CN(C(=O)COc2ccc(C)cc2C)C(C)C(=O)NC(C)(C)C)cc1. The largest absolute Gasteiger partial charge is 0.497 e. The third kappa shape index (κ3) is 7.31. The van der Waals surface area contributed by atoms with Gasteiger partial charge in [0.1, 0.15) is 17.5 Å². The number of nitrogens with zero attached hydrogens (tertiary/aromatic N) is 1. The normalized spacial score (nSPS) is 12.1. The van der Waals surface area contributed by atoms with E-state index >= 15 is 0 Å². The zero-order valence-electron chi connectivity index (χ0n) is 19.6. The van der Waals surface area contributed by atoms with Crippen LogP contribution >= 0.6 is 0 Å². The third-order valence-corrected chi connectivity index (χ3v) is 4.86. The van der Waals surface area contributed by atoms with Crippen LogP contribution in [0.2, 0.25) is 0 Å². The van der Waals surface area contributed by atoms with Gasteiger partial charge in [-0.15, -0.1) is 0 Å². The summed E-state index contributed by atoms with van der Waals surface area (Å²) in [7, 11) is 1.61. The Kier molecular flexibility index (Phi) is 8.08. The number of nitrogens with one attached hydrogen (secondary N) is 1. The van der Waals surface area contributed by atoms with Gasteiger partial charge in [0, 0.05) is 12.1 Å². The molecular weight excluding hydrogens is 392 g/mol. The lowest BCUT2D eigenvalue weighted by molar-refractivity contribution is -0.142. The molecule has 6 heteroatoms. The number of amides is 2. The van der Waals surface area contributed by atoms with Crippen LogP contribution in [-0.4, -0.2) is 42.0 Å². The van der Waals surface area contributed by atoms with Crippen molar-refractivity contribution in [2.45, 2.75) is 59.7 Å². The average Bonchev–Trinajstić information content (AvgIpc) is 2.69. The predicted octanol–water partition coefficient (Wildman–Crippen LogP) is 4.02. The van der Waals surface area contributed by atoms with E-state index in [9.17, 15) is 9.59 Å². The molecule has 2 aromatic carbocycles. The maximum Gasteiger partial charge on any atom is 0.261 e. The Labute approximate surface area is 185 Å². The van der Waals surface area contributed by atoms with E-state index < -0.39 is 11.6 Å². The van der Waals surface area contributed by atoms with Crippen molar-refractivity contribution in [3.8, 4) is 11.5 Å². The first-order chi connectivity index (χ1) is 14.5. The second-order valence-corrected chi connectivity index (χ2v) is 8.84. The molecule has 0 aliphatic rings.